The highest BCUT2D eigenvalue weighted by molar-refractivity contribution is 8.00. The number of nitro benzene ring substituents is 2. The van der Waals surface area contributed by atoms with Gasteiger partial charge in [-0.25, -0.2) is 0 Å². The molecule has 1 atom stereocenters. The molecule has 21 heavy (non-hydrogen) atoms. The molecule has 0 aromatic heterocycles. The molecule has 1 aromatic carbocycles. The Balaban J connectivity index is 2.81. The van der Waals surface area contributed by atoms with Crippen LogP contribution in [0, 0.1) is 20.2 Å². The molecule has 0 saturated heterocycles. The fraction of sp³-hybridized carbons (Fsp3) is 0.417. The van der Waals surface area contributed by atoms with Crippen molar-refractivity contribution in [2.45, 2.75) is 31.3 Å². The average molecular weight is 314 g/mol. The van der Waals surface area contributed by atoms with Crippen LogP contribution in [0.1, 0.15) is 20.3 Å². The topological polar surface area (TPSA) is 113 Å². The highest BCUT2D eigenvalue weighted by atomic mass is 32.2. The van der Waals surface area contributed by atoms with E-state index >= 15 is 0 Å². The molecule has 0 aliphatic rings. The van der Waals surface area contributed by atoms with Crippen molar-refractivity contribution in [2.24, 2.45) is 0 Å². The van der Waals surface area contributed by atoms with Crippen LogP contribution < -0.4 is 0 Å². The molecule has 0 amide bonds. The number of esters is 1. The van der Waals surface area contributed by atoms with Crippen LogP contribution in [0.25, 0.3) is 0 Å². The van der Waals surface area contributed by atoms with Gasteiger partial charge in [-0.1, -0.05) is 6.92 Å². The zero-order valence-corrected chi connectivity index (χ0v) is 12.3. The van der Waals surface area contributed by atoms with Gasteiger partial charge in [0.25, 0.3) is 11.4 Å². The second-order valence-corrected chi connectivity index (χ2v) is 5.18. The molecule has 0 saturated carbocycles. The summed E-state index contributed by atoms with van der Waals surface area (Å²) in [4.78, 5) is 31.8. The maximum atomic E-state index is 11.5. The number of carbonyl (C=O) groups is 1. The van der Waals surface area contributed by atoms with Crippen LogP contribution in [-0.2, 0) is 9.53 Å². The van der Waals surface area contributed by atoms with E-state index in [4.69, 9.17) is 4.74 Å². The minimum Gasteiger partial charge on any atom is -0.462 e. The van der Waals surface area contributed by atoms with Gasteiger partial charge in [0.05, 0.1) is 32.7 Å². The molecule has 0 aliphatic heterocycles. The summed E-state index contributed by atoms with van der Waals surface area (Å²) in [6.45, 7) is 3.61. The molecule has 9 heteroatoms. The van der Waals surface area contributed by atoms with E-state index in [-0.39, 0.29) is 22.4 Å². The van der Waals surface area contributed by atoms with Gasteiger partial charge in [-0.3, -0.25) is 25.0 Å². The number of non-ortho nitro benzene ring substituents is 1. The molecule has 8 nitrogen and oxygen atoms in total. The van der Waals surface area contributed by atoms with E-state index in [0.29, 0.717) is 6.42 Å². The predicted molar refractivity (Wildman–Crippen MR) is 76.3 cm³/mol. The Labute approximate surface area is 124 Å². The summed E-state index contributed by atoms with van der Waals surface area (Å²) < 4.78 is 5.05. The average Bonchev–Trinajstić information content (AvgIpc) is 2.44. The van der Waals surface area contributed by atoms with Gasteiger partial charge in [0, 0.05) is 6.07 Å². The van der Waals surface area contributed by atoms with Gasteiger partial charge >= 0.3 is 5.97 Å². The monoisotopic (exact) mass is 314 g/mol. The smallest absolute Gasteiger partial charge is 0.316 e. The second-order valence-electron chi connectivity index (χ2n) is 4.16. The highest BCUT2D eigenvalue weighted by Gasteiger charge is 2.20. The molecule has 0 heterocycles. The number of nitro groups is 2. The fourth-order valence-electron chi connectivity index (χ4n) is 1.36. The molecular formula is C12H14N2O6S. The molecule has 0 aliphatic carbocycles. The molecule has 0 bridgehead atoms. The van der Waals surface area contributed by atoms with Crippen LogP contribution in [0.4, 0.5) is 11.4 Å². The van der Waals surface area contributed by atoms with E-state index in [9.17, 15) is 25.0 Å². The SMILES string of the molecule is CCC(C)OC(=O)CSc1ccc([N+](=O)[O-])cc1[N+](=O)[O-]. The predicted octanol–water partition coefficient (Wildman–Crippen LogP) is 2.94. The minimum absolute atomic E-state index is 0.0943. The number of nitrogens with zero attached hydrogens (tertiary/aromatic N) is 2. The summed E-state index contributed by atoms with van der Waals surface area (Å²) in [7, 11) is 0. The molecule has 0 N–H and O–H groups in total. The third kappa shape index (κ3) is 5.03. The molecule has 114 valence electrons. The molecule has 1 aromatic rings. The van der Waals surface area contributed by atoms with Crippen LogP contribution in [0.5, 0.6) is 0 Å². The normalized spacial score (nSPS) is 11.7. The Morgan fingerprint density at radius 1 is 1.33 bits per heavy atom. The van der Waals surface area contributed by atoms with E-state index in [2.05, 4.69) is 0 Å². The lowest BCUT2D eigenvalue weighted by atomic mass is 10.3. The number of ether oxygens (including phenoxy) is 1. The number of benzene rings is 1. The Bertz CT molecular complexity index is 563. The molecule has 0 spiro atoms. The van der Waals surface area contributed by atoms with Crippen molar-refractivity contribution in [1.82, 2.24) is 0 Å². The van der Waals surface area contributed by atoms with E-state index < -0.39 is 21.5 Å². The summed E-state index contributed by atoms with van der Waals surface area (Å²) in [5.41, 5.74) is -0.765. The van der Waals surface area contributed by atoms with Crippen LogP contribution in [0.3, 0.4) is 0 Å². The summed E-state index contributed by atoms with van der Waals surface area (Å²) in [6.07, 6.45) is 0.457. The first kappa shape index (κ1) is 16.9. The zero-order valence-electron chi connectivity index (χ0n) is 11.5. The Morgan fingerprint density at radius 2 is 2.00 bits per heavy atom. The van der Waals surface area contributed by atoms with Crippen molar-refractivity contribution in [1.29, 1.82) is 0 Å². The van der Waals surface area contributed by atoms with Gasteiger partial charge in [0.2, 0.25) is 0 Å². The van der Waals surface area contributed by atoms with E-state index in [0.717, 1.165) is 23.9 Å². The fourth-order valence-corrected chi connectivity index (χ4v) is 2.15. The molecule has 1 unspecified atom stereocenters. The molecule has 1 rings (SSSR count). The van der Waals surface area contributed by atoms with Crippen molar-refractivity contribution >= 4 is 29.1 Å². The summed E-state index contributed by atoms with van der Waals surface area (Å²) in [5, 5.41) is 21.5. The van der Waals surface area contributed by atoms with Crippen LogP contribution >= 0.6 is 11.8 Å². The highest BCUT2D eigenvalue weighted by Crippen LogP contribution is 2.32. The zero-order chi connectivity index (χ0) is 16.0. The van der Waals surface area contributed by atoms with Gasteiger partial charge in [-0.2, -0.15) is 0 Å². The quantitative estimate of drug-likeness (QED) is 0.329. The summed E-state index contributed by atoms with van der Waals surface area (Å²) in [5.74, 6) is -0.579. The number of hydrogen-bond acceptors (Lipinski definition) is 7. The van der Waals surface area contributed by atoms with Crippen LogP contribution in [0.15, 0.2) is 23.1 Å². The van der Waals surface area contributed by atoms with E-state index in [1.54, 1.807) is 6.92 Å². The standard InChI is InChI=1S/C12H14N2O6S/c1-3-8(2)20-12(15)7-21-11-5-4-9(13(16)17)6-10(11)14(18)19/h4-6,8H,3,7H2,1-2H3. The van der Waals surface area contributed by atoms with Crippen LogP contribution in [-0.4, -0.2) is 27.7 Å². The third-order valence-corrected chi connectivity index (χ3v) is 3.64. The number of hydrogen-bond donors (Lipinski definition) is 0. The number of thioether (sulfide) groups is 1. The first-order valence-corrected chi connectivity index (χ1v) is 7.08. The maximum Gasteiger partial charge on any atom is 0.316 e. The maximum absolute atomic E-state index is 11.5. The van der Waals surface area contributed by atoms with Crippen molar-refractivity contribution < 1.29 is 19.4 Å². The second kappa shape index (κ2) is 7.58. The first-order valence-electron chi connectivity index (χ1n) is 6.10. The number of carbonyl (C=O) groups excluding carboxylic acids is 1. The molecular weight excluding hydrogens is 300 g/mol. The van der Waals surface area contributed by atoms with Gasteiger partial charge in [-0.15, -0.1) is 11.8 Å². The van der Waals surface area contributed by atoms with Crippen molar-refractivity contribution in [3.8, 4) is 0 Å². The Morgan fingerprint density at radius 3 is 2.52 bits per heavy atom. The number of rotatable bonds is 7. The van der Waals surface area contributed by atoms with Crippen molar-refractivity contribution in [3.05, 3.63) is 38.4 Å². The lowest BCUT2D eigenvalue weighted by Gasteiger charge is -2.10. The van der Waals surface area contributed by atoms with Crippen molar-refractivity contribution in [3.63, 3.8) is 0 Å². The lowest BCUT2D eigenvalue weighted by molar-refractivity contribution is -0.396. The molecule has 0 fully saturated rings. The van der Waals surface area contributed by atoms with E-state index in [1.807, 2.05) is 6.92 Å². The van der Waals surface area contributed by atoms with Gasteiger partial charge in [-0.05, 0) is 19.4 Å². The Hall–Kier alpha value is -2.16. The largest absolute Gasteiger partial charge is 0.462 e. The van der Waals surface area contributed by atoms with Gasteiger partial charge < -0.3 is 4.74 Å². The summed E-state index contributed by atoms with van der Waals surface area (Å²) >= 11 is 0.918. The van der Waals surface area contributed by atoms with Crippen molar-refractivity contribution in [2.75, 3.05) is 5.75 Å². The Kier molecular flexibility index (Phi) is 6.10. The third-order valence-electron chi connectivity index (χ3n) is 2.60. The first-order chi connectivity index (χ1) is 9.85. The van der Waals surface area contributed by atoms with Gasteiger partial charge in [0.15, 0.2) is 0 Å². The lowest BCUT2D eigenvalue weighted by Crippen LogP contribution is -2.15. The van der Waals surface area contributed by atoms with E-state index in [1.165, 1.54) is 6.07 Å². The molecule has 0 radical (unpaired) electrons. The van der Waals surface area contributed by atoms with Crippen LogP contribution in [0.2, 0.25) is 0 Å². The minimum atomic E-state index is -0.713. The summed E-state index contributed by atoms with van der Waals surface area (Å²) in [6, 6.07) is 3.30. The van der Waals surface area contributed by atoms with Gasteiger partial charge in [0.1, 0.15) is 0 Å².